The van der Waals surface area contributed by atoms with Crippen LogP contribution in [0.5, 0.6) is 11.5 Å². The number of ether oxygens (including phenoxy) is 2. The van der Waals surface area contributed by atoms with E-state index in [0.717, 1.165) is 4.90 Å². The van der Waals surface area contributed by atoms with Gasteiger partial charge in [-0.2, -0.15) is 0 Å². The van der Waals surface area contributed by atoms with Gasteiger partial charge in [0.05, 0.1) is 30.5 Å². The van der Waals surface area contributed by atoms with Crippen molar-refractivity contribution in [3.05, 3.63) is 36.4 Å². The summed E-state index contributed by atoms with van der Waals surface area (Å²) in [5, 5.41) is 2.79. The van der Waals surface area contributed by atoms with Crippen molar-refractivity contribution in [1.82, 2.24) is 0 Å². The standard InChI is InChI=1S/C18H20N2O5S2/c1-11-10-26-17-7-5-13(9-14(17)19-18(11)21)27(22,23)20-12-4-6-15(24-2)16(8-12)25-3/h4-9,11,20H,10H2,1-3H3,(H,19,21). The number of methoxy groups -OCH3 is 2. The van der Waals surface area contributed by atoms with Gasteiger partial charge in [-0.15, -0.1) is 11.8 Å². The number of hydrogen-bond donors (Lipinski definition) is 2. The van der Waals surface area contributed by atoms with Gasteiger partial charge in [-0.1, -0.05) is 6.92 Å². The van der Waals surface area contributed by atoms with Gasteiger partial charge < -0.3 is 14.8 Å². The number of hydrogen-bond acceptors (Lipinski definition) is 6. The number of rotatable bonds is 5. The van der Waals surface area contributed by atoms with Crippen LogP contribution in [0.15, 0.2) is 46.2 Å². The second-order valence-electron chi connectivity index (χ2n) is 6.03. The van der Waals surface area contributed by atoms with Crippen molar-refractivity contribution in [3.8, 4) is 11.5 Å². The Labute approximate surface area is 162 Å². The molecule has 1 aliphatic rings. The topological polar surface area (TPSA) is 93.7 Å². The third-order valence-corrected chi connectivity index (χ3v) is 6.80. The highest BCUT2D eigenvalue weighted by molar-refractivity contribution is 7.99. The van der Waals surface area contributed by atoms with E-state index in [1.807, 2.05) is 6.92 Å². The van der Waals surface area contributed by atoms with Crippen molar-refractivity contribution in [2.24, 2.45) is 5.92 Å². The molecule has 0 saturated heterocycles. The van der Waals surface area contributed by atoms with Crippen LogP contribution in [0.2, 0.25) is 0 Å². The lowest BCUT2D eigenvalue weighted by Crippen LogP contribution is -2.20. The van der Waals surface area contributed by atoms with Crippen molar-refractivity contribution in [2.75, 3.05) is 30.0 Å². The Morgan fingerprint density at radius 1 is 1.11 bits per heavy atom. The van der Waals surface area contributed by atoms with Crippen LogP contribution in [0, 0.1) is 5.92 Å². The summed E-state index contributed by atoms with van der Waals surface area (Å²) in [7, 11) is -0.861. The predicted octanol–water partition coefficient (Wildman–Crippen LogP) is 3.18. The van der Waals surface area contributed by atoms with E-state index >= 15 is 0 Å². The second kappa shape index (κ2) is 7.69. The van der Waals surface area contributed by atoms with E-state index in [9.17, 15) is 13.2 Å². The first-order valence-corrected chi connectivity index (χ1v) is 10.6. The molecule has 2 N–H and O–H groups in total. The Balaban J connectivity index is 1.90. The van der Waals surface area contributed by atoms with Crippen LogP contribution in [0.3, 0.4) is 0 Å². The quantitative estimate of drug-likeness (QED) is 0.789. The zero-order valence-corrected chi connectivity index (χ0v) is 16.7. The molecule has 9 heteroatoms. The van der Waals surface area contributed by atoms with Crippen molar-refractivity contribution in [1.29, 1.82) is 0 Å². The SMILES string of the molecule is COc1ccc(NS(=O)(=O)c2ccc3c(c2)NC(=O)C(C)CS3)cc1OC. The highest BCUT2D eigenvalue weighted by Gasteiger charge is 2.23. The lowest BCUT2D eigenvalue weighted by atomic mass is 10.2. The first-order chi connectivity index (χ1) is 12.8. The van der Waals surface area contributed by atoms with Crippen molar-refractivity contribution >= 4 is 39.1 Å². The summed E-state index contributed by atoms with van der Waals surface area (Å²) in [6, 6.07) is 9.45. The molecule has 7 nitrogen and oxygen atoms in total. The minimum atomic E-state index is -3.84. The molecule has 0 saturated carbocycles. The van der Waals surface area contributed by atoms with Crippen LogP contribution in [-0.2, 0) is 14.8 Å². The molecule has 1 heterocycles. The van der Waals surface area contributed by atoms with Crippen molar-refractivity contribution in [3.63, 3.8) is 0 Å². The maximum Gasteiger partial charge on any atom is 0.261 e. The average Bonchev–Trinajstić information content (AvgIpc) is 2.79. The Bertz CT molecular complexity index is 976. The molecule has 2 aromatic rings. The van der Waals surface area contributed by atoms with Gasteiger partial charge >= 0.3 is 0 Å². The van der Waals surface area contributed by atoms with Crippen LogP contribution in [-0.4, -0.2) is 34.3 Å². The molecule has 3 rings (SSSR count). The Morgan fingerprint density at radius 2 is 1.85 bits per heavy atom. The molecule has 0 radical (unpaired) electrons. The second-order valence-corrected chi connectivity index (χ2v) is 8.78. The molecule has 0 bridgehead atoms. The van der Waals surface area contributed by atoms with Crippen molar-refractivity contribution in [2.45, 2.75) is 16.7 Å². The van der Waals surface area contributed by atoms with Gasteiger partial charge in [0.25, 0.3) is 10.0 Å². The number of thioether (sulfide) groups is 1. The van der Waals surface area contributed by atoms with Crippen LogP contribution >= 0.6 is 11.8 Å². The minimum Gasteiger partial charge on any atom is -0.493 e. The zero-order valence-electron chi connectivity index (χ0n) is 15.1. The van der Waals surface area contributed by atoms with Gasteiger partial charge in [0, 0.05) is 22.6 Å². The number of nitrogens with one attached hydrogen (secondary N) is 2. The third kappa shape index (κ3) is 4.14. The van der Waals surface area contributed by atoms with Gasteiger partial charge in [0.2, 0.25) is 5.91 Å². The summed E-state index contributed by atoms with van der Waals surface area (Å²) in [4.78, 5) is 13.0. The van der Waals surface area contributed by atoms with E-state index in [0.29, 0.717) is 28.6 Å². The summed E-state index contributed by atoms with van der Waals surface area (Å²) in [5.41, 5.74) is 0.846. The highest BCUT2D eigenvalue weighted by atomic mass is 32.2. The summed E-state index contributed by atoms with van der Waals surface area (Å²) >= 11 is 1.52. The Hall–Kier alpha value is -2.39. The van der Waals surface area contributed by atoms with Gasteiger partial charge in [-0.05, 0) is 30.3 Å². The van der Waals surface area contributed by atoms with Crippen LogP contribution < -0.4 is 19.5 Å². The first kappa shape index (κ1) is 19.4. The number of carbonyl (C=O) groups excluding carboxylic acids is 1. The van der Waals surface area contributed by atoms with Crippen LogP contribution in [0.4, 0.5) is 11.4 Å². The molecule has 0 fully saturated rings. The number of amides is 1. The predicted molar refractivity (Wildman–Crippen MR) is 105 cm³/mol. The lowest BCUT2D eigenvalue weighted by molar-refractivity contribution is -0.118. The number of anilines is 2. The van der Waals surface area contributed by atoms with E-state index in [-0.39, 0.29) is 16.7 Å². The molecular weight excluding hydrogens is 388 g/mol. The smallest absolute Gasteiger partial charge is 0.261 e. The molecule has 1 amide bonds. The van der Waals surface area contributed by atoms with Crippen LogP contribution in [0.1, 0.15) is 6.92 Å². The molecule has 1 atom stereocenters. The molecule has 0 spiro atoms. The maximum atomic E-state index is 12.8. The Kier molecular flexibility index (Phi) is 5.52. The highest BCUT2D eigenvalue weighted by Crippen LogP contribution is 2.35. The molecule has 2 aromatic carbocycles. The lowest BCUT2D eigenvalue weighted by Gasteiger charge is -2.13. The van der Waals surface area contributed by atoms with E-state index in [1.54, 1.807) is 24.3 Å². The molecule has 144 valence electrons. The van der Waals surface area contributed by atoms with Crippen molar-refractivity contribution < 1.29 is 22.7 Å². The summed E-state index contributed by atoms with van der Waals surface area (Å²) in [6.45, 7) is 1.84. The molecule has 0 aromatic heterocycles. The summed E-state index contributed by atoms with van der Waals surface area (Å²) in [6.07, 6.45) is 0. The number of carbonyl (C=O) groups is 1. The van der Waals surface area contributed by atoms with Gasteiger partial charge in [0.1, 0.15) is 0 Å². The van der Waals surface area contributed by atoms with Gasteiger partial charge in [-0.3, -0.25) is 9.52 Å². The molecule has 0 aliphatic carbocycles. The summed E-state index contributed by atoms with van der Waals surface area (Å²) < 4.78 is 38.4. The van der Waals surface area contributed by atoms with E-state index in [4.69, 9.17) is 9.47 Å². The van der Waals surface area contributed by atoms with E-state index in [2.05, 4.69) is 10.0 Å². The fraction of sp³-hybridized carbons (Fsp3) is 0.278. The molecule has 27 heavy (non-hydrogen) atoms. The molecule has 1 unspecified atom stereocenters. The zero-order chi connectivity index (χ0) is 19.6. The summed E-state index contributed by atoms with van der Waals surface area (Å²) in [5.74, 6) is 1.29. The minimum absolute atomic E-state index is 0.0616. The van der Waals surface area contributed by atoms with Gasteiger partial charge in [-0.25, -0.2) is 8.42 Å². The number of fused-ring (bicyclic) bond motifs is 1. The fourth-order valence-corrected chi connectivity index (χ4v) is 4.65. The van der Waals surface area contributed by atoms with Gasteiger partial charge in [0.15, 0.2) is 11.5 Å². The normalized spacial score (nSPS) is 16.7. The average molecular weight is 409 g/mol. The number of sulfonamides is 1. The van der Waals surface area contributed by atoms with Crippen LogP contribution in [0.25, 0.3) is 0 Å². The number of benzene rings is 2. The maximum absolute atomic E-state index is 12.8. The fourth-order valence-electron chi connectivity index (χ4n) is 2.56. The molecular formula is C18H20N2O5S2. The first-order valence-electron chi connectivity index (χ1n) is 8.16. The molecule has 1 aliphatic heterocycles. The third-order valence-electron chi connectivity index (χ3n) is 4.09. The Morgan fingerprint density at radius 3 is 2.56 bits per heavy atom. The monoisotopic (exact) mass is 408 g/mol. The van der Waals surface area contributed by atoms with E-state index < -0.39 is 10.0 Å². The largest absolute Gasteiger partial charge is 0.493 e. The van der Waals surface area contributed by atoms with E-state index in [1.165, 1.54) is 38.1 Å².